The van der Waals surface area contributed by atoms with Gasteiger partial charge in [-0.2, -0.15) is 0 Å². The summed E-state index contributed by atoms with van der Waals surface area (Å²) in [5, 5.41) is 9.18. The van der Waals surface area contributed by atoms with E-state index < -0.39 is 0 Å². The average molecular weight is 376 g/mol. The van der Waals surface area contributed by atoms with E-state index in [4.69, 9.17) is 4.42 Å². The minimum atomic E-state index is 0.640. The molecule has 2 aromatic heterocycles. The number of hydrogen-bond donors (Lipinski definition) is 0. The van der Waals surface area contributed by atoms with Crippen LogP contribution in [0.25, 0.3) is 17.1 Å². The second-order valence-corrected chi connectivity index (χ2v) is 7.51. The molecule has 0 aliphatic carbocycles. The molecule has 0 amide bonds. The van der Waals surface area contributed by atoms with Gasteiger partial charge in [0, 0.05) is 11.3 Å². The first kappa shape index (κ1) is 17.5. The maximum Gasteiger partial charge on any atom is 0.226 e. The lowest BCUT2D eigenvalue weighted by atomic mass is 10.1. The zero-order valence-electron chi connectivity index (χ0n) is 15.5. The summed E-state index contributed by atoms with van der Waals surface area (Å²) in [6, 6.07) is 14.5. The molecular formula is C21H20N4OS. The van der Waals surface area contributed by atoms with Gasteiger partial charge in [-0.15, -0.1) is 10.2 Å². The summed E-state index contributed by atoms with van der Waals surface area (Å²) >= 11 is 1.59. The van der Waals surface area contributed by atoms with E-state index in [1.54, 1.807) is 24.4 Å². The predicted molar refractivity (Wildman–Crippen MR) is 107 cm³/mol. The molecule has 0 bridgehead atoms. The van der Waals surface area contributed by atoms with Crippen LogP contribution < -0.4 is 0 Å². The molecule has 0 spiro atoms. The van der Waals surface area contributed by atoms with Crippen molar-refractivity contribution in [1.82, 2.24) is 19.7 Å². The monoisotopic (exact) mass is 376 g/mol. The van der Waals surface area contributed by atoms with Crippen molar-refractivity contribution in [2.75, 3.05) is 0 Å². The molecule has 4 rings (SSSR count). The standard InChI is InChI=1S/C21H20N4OS/c1-14-4-7-17(8-5-14)20-23-18(11-26-20)12-27-21-24-22-13-25(21)19-9-6-15(2)10-16(19)3/h4-11,13H,12H2,1-3H3. The molecule has 0 saturated heterocycles. The van der Waals surface area contributed by atoms with E-state index >= 15 is 0 Å². The Morgan fingerprint density at radius 1 is 1.00 bits per heavy atom. The summed E-state index contributed by atoms with van der Waals surface area (Å²) in [4.78, 5) is 4.60. The molecule has 136 valence electrons. The van der Waals surface area contributed by atoms with Gasteiger partial charge in [0.1, 0.15) is 12.6 Å². The largest absolute Gasteiger partial charge is 0.444 e. The van der Waals surface area contributed by atoms with Gasteiger partial charge in [-0.1, -0.05) is 47.2 Å². The highest BCUT2D eigenvalue weighted by Gasteiger charge is 2.12. The number of oxazole rings is 1. The molecule has 6 heteroatoms. The summed E-state index contributed by atoms with van der Waals surface area (Å²) in [5.41, 5.74) is 6.60. The molecule has 4 aromatic rings. The van der Waals surface area contributed by atoms with Crippen molar-refractivity contribution in [3.05, 3.63) is 77.4 Å². The zero-order chi connectivity index (χ0) is 18.8. The maximum atomic E-state index is 5.64. The molecule has 0 aliphatic rings. The molecule has 0 saturated carbocycles. The average Bonchev–Trinajstić information content (AvgIpc) is 3.30. The Balaban J connectivity index is 1.50. The number of aryl methyl sites for hydroxylation is 3. The lowest BCUT2D eigenvalue weighted by molar-refractivity contribution is 0.573. The first-order valence-electron chi connectivity index (χ1n) is 8.72. The van der Waals surface area contributed by atoms with Crippen LogP contribution in [0.4, 0.5) is 0 Å². The van der Waals surface area contributed by atoms with E-state index in [2.05, 4.69) is 66.3 Å². The van der Waals surface area contributed by atoms with Gasteiger partial charge in [0.25, 0.3) is 0 Å². The maximum absolute atomic E-state index is 5.64. The number of thioether (sulfide) groups is 1. The van der Waals surface area contributed by atoms with Gasteiger partial charge in [-0.3, -0.25) is 4.57 Å². The van der Waals surface area contributed by atoms with Gasteiger partial charge in [0.2, 0.25) is 5.89 Å². The first-order chi connectivity index (χ1) is 13.1. The molecule has 0 radical (unpaired) electrons. The second kappa shape index (κ2) is 7.40. The molecule has 0 aliphatic heterocycles. The van der Waals surface area contributed by atoms with Gasteiger partial charge >= 0.3 is 0 Å². The van der Waals surface area contributed by atoms with Crippen molar-refractivity contribution in [1.29, 1.82) is 0 Å². The summed E-state index contributed by atoms with van der Waals surface area (Å²) in [7, 11) is 0. The Morgan fingerprint density at radius 3 is 2.56 bits per heavy atom. The van der Waals surface area contributed by atoms with Gasteiger partial charge in [-0.05, 0) is 44.5 Å². The highest BCUT2D eigenvalue weighted by atomic mass is 32.2. The summed E-state index contributed by atoms with van der Waals surface area (Å²) in [5.74, 6) is 1.31. The highest BCUT2D eigenvalue weighted by Crippen LogP contribution is 2.26. The minimum absolute atomic E-state index is 0.640. The van der Waals surface area contributed by atoms with Crippen LogP contribution >= 0.6 is 11.8 Å². The highest BCUT2D eigenvalue weighted by molar-refractivity contribution is 7.98. The van der Waals surface area contributed by atoms with Gasteiger partial charge in [0.05, 0.1) is 11.4 Å². The van der Waals surface area contributed by atoms with Crippen molar-refractivity contribution in [3.63, 3.8) is 0 Å². The van der Waals surface area contributed by atoms with Crippen molar-refractivity contribution < 1.29 is 4.42 Å². The Hall–Kier alpha value is -2.86. The first-order valence-corrected chi connectivity index (χ1v) is 9.70. The quantitative estimate of drug-likeness (QED) is 0.451. The third kappa shape index (κ3) is 3.80. The molecule has 5 nitrogen and oxygen atoms in total. The number of aromatic nitrogens is 4. The van der Waals surface area contributed by atoms with Gasteiger partial charge in [0.15, 0.2) is 5.16 Å². The van der Waals surface area contributed by atoms with E-state index in [1.165, 1.54) is 16.7 Å². The fraction of sp³-hybridized carbons (Fsp3) is 0.190. The second-order valence-electron chi connectivity index (χ2n) is 6.57. The molecule has 0 unspecified atom stereocenters. The fourth-order valence-electron chi connectivity index (χ4n) is 2.90. The van der Waals surface area contributed by atoms with E-state index in [-0.39, 0.29) is 0 Å². The minimum Gasteiger partial charge on any atom is -0.444 e. The van der Waals surface area contributed by atoms with Crippen LogP contribution in [0, 0.1) is 20.8 Å². The van der Waals surface area contributed by atoms with Crippen LogP contribution in [-0.2, 0) is 5.75 Å². The van der Waals surface area contributed by atoms with Crippen LogP contribution in [0.15, 0.2) is 64.6 Å². The van der Waals surface area contributed by atoms with Crippen LogP contribution in [0.2, 0.25) is 0 Å². The smallest absolute Gasteiger partial charge is 0.226 e. The Bertz CT molecular complexity index is 1070. The van der Waals surface area contributed by atoms with E-state index in [0.29, 0.717) is 11.6 Å². The summed E-state index contributed by atoms with van der Waals surface area (Å²) in [6.07, 6.45) is 3.46. The van der Waals surface area contributed by atoms with Gasteiger partial charge < -0.3 is 4.42 Å². The summed E-state index contributed by atoms with van der Waals surface area (Å²) in [6.45, 7) is 6.25. The number of hydrogen-bond acceptors (Lipinski definition) is 5. The van der Waals surface area contributed by atoms with Crippen LogP contribution in [0.3, 0.4) is 0 Å². The predicted octanol–water partition coefficient (Wildman–Crippen LogP) is 5.14. The van der Waals surface area contributed by atoms with Crippen molar-refractivity contribution in [2.45, 2.75) is 31.7 Å². The molecule has 27 heavy (non-hydrogen) atoms. The fourth-order valence-corrected chi connectivity index (χ4v) is 3.70. The SMILES string of the molecule is Cc1ccc(-c2nc(CSc3nncn3-c3ccc(C)cc3C)co2)cc1. The topological polar surface area (TPSA) is 56.7 Å². The molecule has 0 atom stereocenters. The molecule has 2 heterocycles. The Kier molecular flexibility index (Phi) is 4.81. The van der Waals surface area contributed by atoms with Crippen LogP contribution in [0.5, 0.6) is 0 Å². The number of benzene rings is 2. The van der Waals surface area contributed by atoms with Gasteiger partial charge in [-0.25, -0.2) is 4.98 Å². The Labute approximate surface area is 162 Å². The molecular weight excluding hydrogens is 356 g/mol. The number of nitrogens with zero attached hydrogens (tertiary/aromatic N) is 4. The van der Waals surface area contributed by atoms with E-state index in [0.717, 1.165) is 22.1 Å². The molecule has 0 fully saturated rings. The van der Waals surface area contributed by atoms with Crippen molar-refractivity contribution in [2.24, 2.45) is 0 Å². The third-order valence-electron chi connectivity index (χ3n) is 4.33. The lowest BCUT2D eigenvalue weighted by Gasteiger charge is -2.09. The van der Waals surface area contributed by atoms with E-state index in [1.807, 2.05) is 16.7 Å². The van der Waals surface area contributed by atoms with Crippen LogP contribution in [0.1, 0.15) is 22.4 Å². The Morgan fingerprint density at radius 2 is 1.78 bits per heavy atom. The zero-order valence-corrected chi connectivity index (χ0v) is 16.3. The number of rotatable bonds is 5. The van der Waals surface area contributed by atoms with E-state index in [9.17, 15) is 0 Å². The normalized spacial score (nSPS) is 11.1. The van der Waals surface area contributed by atoms with Crippen molar-refractivity contribution in [3.8, 4) is 17.1 Å². The lowest BCUT2D eigenvalue weighted by Crippen LogP contribution is -1.98. The van der Waals surface area contributed by atoms with Crippen LogP contribution in [-0.4, -0.2) is 19.7 Å². The summed E-state index contributed by atoms with van der Waals surface area (Å²) < 4.78 is 7.65. The van der Waals surface area contributed by atoms with Crippen molar-refractivity contribution >= 4 is 11.8 Å². The third-order valence-corrected chi connectivity index (χ3v) is 5.30. The molecule has 0 N–H and O–H groups in total. The molecule has 2 aromatic carbocycles.